The van der Waals surface area contributed by atoms with Gasteiger partial charge in [0.25, 0.3) is 0 Å². The second-order valence-corrected chi connectivity index (χ2v) is 6.52. The molecule has 0 aliphatic heterocycles. The van der Waals surface area contributed by atoms with Crippen molar-refractivity contribution in [3.05, 3.63) is 20.8 Å². The summed E-state index contributed by atoms with van der Waals surface area (Å²) in [6.45, 7) is 4.51. The second-order valence-electron chi connectivity index (χ2n) is 4.75. The van der Waals surface area contributed by atoms with Gasteiger partial charge in [0.05, 0.1) is 9.94 Å². The van der Waals surface area contributed by atoms with Gasteiger partial charge in [-0.3, -0.25) is 0 Å². The Kier molecular flexibility index (Phi) is 3.59. The molecule has 1 aliphatic rings. The molecule has 2 N–H and O–H groups in total. The van der Waals surface area contributed by atoms with Gasteiger partial charge in [-0.25, -0.2) is 0 Å². The molecule has 1 aliphatic carbocycles. The number of halogens is 1. The van der Waals surface area contributed by atoms with Crippen molar-refractivity contribution in [3.63, 3.8) is 0 Å². The Morgan fingerprint density at radius 2 is 2.44 bits per heavy atom. The van der Waals surface area contributed by atoms with E-state index in [4.69, 9.17) is 11.6 Å². The fraction of sp³-hybridized carbons (Fsp3) is 0.667. The number of aryl methyl sites for hydroxylation is 1. The highest BCUT2D eigenvalue weighted by Gasteiger charge is 2.27. The normalized spacial score (nSPS) is 23.1. The molecule has 4 heteroatoms. The van der Waals surface area contributed by atoms with E-state index in [0.29, 0.717) is 12.6 Å². The summed E-state index contributed by atoms with van der Waals surface area (Å²) in [7, 11) is 0. The maximum Gasteiger partial charge on any atom is 0.0934 e. The van der Waals surface area contributed by atoms with Crippen LogP contribution in [-0.2, 0) is 6.42 Å². The van der Waals surface area contributed by atoms with Gasteiger partial charge in [0.2, 0.25) is 0 Å². The average molecular weight is 260 g/mol. The number of fused-ring (bicyclic) bond motifs is 1. The first-order valence-corrected chi connectivity index (χ1v) is 6.95. The first-order valence-electron chi connectivity index (χ1n) is 5.76. The summed E-state index contributed by atoms with van der Waals surface area (Å²) in [4.78, 5) is 1.40. The van der Waals surface area contributed by atoms with Crippen LogP contribution in [0.25, 0.3) is 0 Å². The smallest absolute Gasteiger partial charge is 0.0934 e. The number of aliphatic hydroxyl groups is 1. The van der Waals surface area contributed by atoms with E-state index < -0.39 is 5.60 Å². The molecule has 16 heavy (non-hydrogen) atoms. The minimum atomic E-state index is -0.609. The van der Waals surface area contributed by atoms with Crippen LogP contribution in [0.1, 0.15) is 43.2 Å². The molecule has 0 spiro atoms. The van der Waals surface area contributed by atoms with Crippen LogP contribution in [0.2, 0.25) is 4.34 Å². The third kappa shape index (κ3) is 2.59. The summed E-state index contributed by atoms with van der Waals surface area (Å²) in [5, 5.41) is 13.4. The maximum absolute atomic E-state index is 9.95. The molecule has 0 amide bonds. The Morgan fingerprint density at radius 1 is 1.69 bits per heavy atom. The van der Waals surface area contributed by atoms with Gasteiger partial charge in [0, 0.05) is 17.5 Å². The van der Waals surface area contributed by atoms with E-state index in [9.17, 15) is 5.11 Å². The first-order chi connectivity index (χ1) is 7.52. The molecule has 2 nitrogen and oxygen atoms in total. The molecular formula is C12H18ClNOS. The van der Waals surface area contributed by atoms with Crippen molar-refractivity contribution >= 4 is 22.9 Å². The Bertz CT molecular complexity index is 375. The molecule has 1 heterocycles. The molecule has 0 radical (unpaired) electrons. The van der Waals surface area contributed by atoms with Gasteiger partial charge in [-0.1, -0.05) is 18.5 Å². The molecule has 0 saturated carbocycles. The predicted molar refractivity (Wildman–Crippen MR) is 69.3 cm³/mol. The lowest BCUT2D eigenvalue weighted by atomic mass is 10.0. The molecule has 2 atom stereocenters. The van der Waals surface area contributed by atoms with Crippen molar-refractivity contribution in [2.45, 2.75) is 44.8 Å². The summed E-state index contributed by atoms with van der Waals surface area (Å²) in [6, 6.07) is 2.43. The van der Waals surface area contributed by atoms with Crippen molar-refractivity contribution in [2.24, 2.45) is 0 Å². The van der Waals surface area contributed by atoms with Gasteiger partial charge in [-0.15, -0.1) is 11.3 Å². The van der Waals surface area contributed by atoms with Crippen molar-refractivity contribution < 1.29 is 5.11 Å². The van der Waals surface area contributed by atoms with Gasteiger partial charge >= 0.3 is 0 Å². The molecule has 2 unspecified atom stereocenters. The molecule has 1 aromatic heterocycles. The highest BCUT2D eigenvalue weighted by Crippen LogP contribution is 2.39. The largest absolute Gasteiger partial charge is 0.389 e. The quantitative estimate of drug-likeness (QED) is 0.871. The standard InChI is InChI=1S/C12H18ClNOS/c1-3-12(2,15)7-14-9-4-5-10-8(9)6-11(13)16-10/h6,9,14-15H,3-5,7H2,1-2H3. The number of nitrogens with one attached hydrogen (secondary N) is 1. The zero-order valence-corrected chi connectivity index (χ0v) is 11.3. The minimum Gasteiger partial charge on any atom is -0.389 e. The fourth-order valence-corrected chi connectivity index (χ4v) is 3.37. The van der Waals surface area contributed by atoms with Gasteiger partial charge in [-0.05, 0) is 37.8 Å². The molecule has 1 aromatic rings. The Balaban J connectivity index is 1.98. The van der Waals surface area contributed by atoms with Crippen molar-refractivity contribution in [2.75, 3.05) is 6.54 Å². The van der Waals surface area contributed by atoms with Crippen LogP contribution in [0.3, 0.4) is 0 Å². The van der Waals surface area contributed by atoms with Crippen LogP contribution in [0.5, 0.6) is 0 Å². The van der Waals surface area contributed by atoms with E-state index in [2.05, 4.69) is 11.4 Å². The molecular weight excluding hydrogens is 242 g/mol. The Hall–Kier alpha value is -0.0900. The van der Waals surface area contributed by atoms with Crippen LogP contribution in [0, 0.1) is 0 Å². The minimum absolute atomic E-state index is 0.372. The highest BCUT2D eigenvalue weighted by atomic mass is 35.5. The number of hydrogen-bond donors (Lipinski definition) is 2. The number of thiophene rings is 1. The summed E-state index contributed by atoms with van der Waals surface area (Å²) in [6.07, 6.45) is 3.00. The fourth-order valence-electron chi connectivity index (χ4n) is 2.01. The third-order valence-corrected chi connectivity index (χ3v) is 4.68. The zero-order chi connectivity index (χ0) is 11.8. The lowest BCUT2D eigenvalue weighted by molar-refractivity contribution is 0.0528. The summed E-state index contributed by atoms with van der Waals surface area (Å²) in [5.74, 6) is 0. The van der Waals surface area contributed by atoms with E-state index in [1.165, 1.54) is 10.4 Å². The third-order valence-electron chi connectivity index (χ3n) is 3.34. The topological polar surface area (TPSA) is 32.3 Å². The van der Waals surface area contributed by atoms with Crippen molar-refractivity contribution in [3.8, 4) is 0 Å². The van der Waals surface area contributed by atoms with Crippen LogP contribution in [-0.4, -0.2) is 17.3 Å². The zero-order valence-electron chi connectivity index (χ0n) is 9.72. The Labute approximate surface area is 106 Å². The monoisotopic (exact) mass is 259 g/mol. The SMILES string of the molecule is CCC(C)(O)CNC1CCc2sc(Cl)cc21. The molecule has 90 valence electrons. The van der Waals surface area contributed by atoms with E-state index in [1.54, 1.807) is 11.3 Å². The van der Waals surface area contributed by atoms with E-state index in [1.807, 2.05) is 13.8 Å². The van der Waals surface area contributed by atoms with Crippen LogP contribution >= 0.6 is 22.9 Å². The lowest BCUT2D eigenvalue weighted by Gasteiger charge is -2.24. The van der Waals surface area contributed by atoms with Gasteiger partial charge in [0.15, 0.2) is 0 Å². The van der Waals surface area contributed by atoms with Crippen molar-refractivity contribution in [1.82, 2.24) is 5.32 Å². The van der Waals surface area contributed by atoms with E-state index in [-0.39, 0.29) is 0 Å². The van der Waals surface area contributed by atoms with Crippen LogP contribution < -0.4 is 5.32 Å². The second kappa shape index (κ2) is 4.65. The molecule has 0 aromatic carbocycles. The molecule has 0 saturated heterocycles. The number of rotatable bonds is 4. The van der Waals surface area contributed by atoms with Crippen LogP contribution in [0.4, 0.5) is 0 Å². The van der Waals surface area contributed by atoms with Crippen LogP contribution in [0.15, 0.2) is 6.07 Å². The van der Waals surface area contributed by atoms with Gasteiger partial charge in [0.1, 0.15) is 0 Å². The summed E-state index contributed by atoms with van der Waals surface area (Å²) in [5.41, 5.74) is 0.727. The summed E-state index contributed by atoms with van der Waals surface area (Å²) >= 11 is 7.68. The summed E-state index contributed by atoms with van der Waals surface area (Å²) < 4.78 is 0.874. The highest BCUT2D eigenvalue weighted by molar-refractivity contribution is 7.16. The average Bonchev–Trinajstić information content (AvgIpc) is 2.74. The lowest BCUT2D eigenvalue weighted by Crippen LogP contribution is -2.38. The predicted octanol–water partition coefficient (Wildman–Crippen LogP) is 3.14. The van der Waals surface area contributed by atoms with Crippen molar-refractivity contribution in [1.29, 1.82) is 0 Å². The maximum atomic E-state index is 9.95. The molecule has 0 fully saturated rings. The Morgan fingerprint density at radius 3 is 3.12 bits per heavy atom. The van der Waals surface area contributed by atoms with Gasteiger partial charge in [-0.2, -0.15) is 0 Å². The molecule has 0 bridgehead atoms. The number of hydrogen-bond acceptors (Lipinski definition) is 3. The van der Waals surface area contributed by atoms with E-state index >= 15 is 0 Å². The van der Waals surface area contributed by atoms with E-state index in [0.717, 1.165) is 23.6 Å². The van der Waals surface area contributed by atoms with Gasteiger partial charge < -0.3 is 10.4 Å². The first kappa shape index (κ1) is 12.4. The molecule has 2 rings (SSSR count).